The maximum atomic E-state index is 5.85. The maximum Gasteiger partial charge on any atom is 0.0626 e. The summed E-state index contributed by atoms with van der Waals surface area (Å²) in [7, 11) is 3.81. The molecule has 0 radical (unpaired) electrons. The van der Waals surface area contributed by atoms with Crippen LogP contribution in [0.5, 0.6) is 0 Å². The third kappa shape index (κ3) is 6.02. The summed E-state index contributed by atoms with van der Waals surface area (Å²) < 4.78 is 4.99. The zero-order valence-electron chi connectivity index (χ0n) is 9.42. The number of nitrogens with zero attached hydrogens (tertiary/aromatic N) is 1. The Bertz CT molecular complexity index is 119. The van der Waals surface area contributed by atoms with E-state index in [2.05, 4.69) is 25.8 Å². The van der Waals surface area contributed by atoms with E-state index in [4.69, 9.17) is 10.5 Å². The highest BCUT2D eigenvalue weighted by molar-refractivity contribution is 4.69. The lowest BCUT2D eigenvalue weighted by molar-refractivity contribution is 0.148. The minimum absolute atomic E-state index is 0.134. The molecule has 0 amide bonds. The third-order valence-electron chi connectivity index (χ3n) is 2.36. The van der Waals surface area contributed by atoms with Crippen LogP contribution in [0.2, 0.25) is 0 Å². The van der Waals surface area contributed by atoms with E-state index in [1.54, 1.807) is 7.11 Å². The average Bonchev–Trinajstić information content (AvgIpc) is 2.05. The summed E-state index contributed by atoms with van der Waals surface area (Å²) in [5.41, 5.74) is 5.85. The maximum absolute atomic E-state index is 5.85. The van der Waals surface area contributed by atoms with Gasteiger partial charge in [-0.15, -0.1) is 0 Å². The van der Waals surface area contributed by atoms with Crippen LogP contribution in [0.1, 0.15) is 26.7 Å². The molecule has 0 aliphatic carbocycles. The first-order valence-electron chi connectivity index (χ1n) is 5.06. The second kappa shape index (κ2) is 7.30. The molecule has 0 aliphatic rings. The molecule has 0 bridgehead atoms. The van der Waals surface area contributed by atoms with Crippen LogP contribution in [-0.2, 0) is 4.74 Å². The SMILES string of the molecule is CCCC(C)N(C)CC(N)COC. The summed E-state index contributed by atoms with van der Waals surface area (Å²) in [6.07, 6.45) is 2.46. The largest absolute Gasteiger partial charge is 0.383 e. The smallest absolute Gasteiger partial charge is 0.0626 e. The van der Waals surface area contributed by atoms with E-state index in [1.165, 1.54) is 12.8 Å². The van der Waals surface area contributed by atoms with Crippen LogP contribution in [0, 0.1) is 0 Å². The molecule has 0 aromatic carbocycles. The van der Waals surface area contributed by atoms with Gasteiger partial charge >= 0.3 is 0 Å². The van der Waals surface area contributed by atoms with Gasteiger partial charge in [0.25, 0.3) is 0 Å². The van der Waals surface area contributed by atoms with Gasteiger partial charge in [-0.1, -0.05) is 13.3 Å². The van der Waals surface area contributed by atoms with Crippen LogP contribution in [0.15, 0.2) is 0 Å². The van der Waals surface area contributed by atoms with Crippen LogP contribution in [0.3, 0.4) is 0 Å². The van der Waals surface area contributed by atoms with Crippen molar-refractivity contribution in [2.75, 3.05) is 27.3 Å². The number of ether oxygens (including phenoxy) is 1. The van der Waals surface area contributed by atoms with Gasteiger partial charge in [0.05, 0.1) is 6.61 Å². The second-order valence-corrected chi connectivity index (χ2v) is 3.79. The van der Waals surface area contributed by atoms with Gasteiger partial charge in [0.2, 0.25) is 0 Å². The molecule has 0 spiro atoms. The Hall–Kier alpha value is -0.120. The zero-order valence-corrected chi connectivity index (χ0v) is 9.42. The van der Waals surface area contributed by atoms with Gasteiger partial charge < -0.3 is 15.4 Å². The summed E-state index contributed by atoms with van der Waals surface area (Å²) >= 11 is 0. The molecule has 0 fully saturated rings. The fraction of sp³-hybridized carbons (Fsp3) is 1.00. The molecule has 0 saturated heterocycles. The predicted octanol–water partition coefficient (Wildman–Crippen LogP) is 1.08. The van der Waals surface area contributed by atoms with E-state index in [0.29, 0.717) is 12.6 Å². The normalized spacial score (nSPS) is 16.2. The van der Waals surface area contributed by atoms with Crippen LogP contribution in [-0.4, -0.2) is 44.3 Å². The molecule has 0 rings (SSSR count). The Morgan fingerprint density at radius 1 is 1.46 bits per heavy atom. The lowest BCUT2D eigenvalue weighted by Crippen LogP contribution is -2.42. The highest BCUT2D eigenvalue weighted by atomic mass is 16.5. The highest BCUT2D eigenvalue weighted by Gasteiger charge is 2.11. The Kier molecular flexibility index (Phi) is 7.23. The molecular formula is C10H24N2O. The minimum Gasteiger partial charge on any atom is -0.383 e. The molecule has 2 N–H and O–H groups in total. The molecule has 0 aliphatic heterocycles. The Labute approximate surface area is 82.2 Å². The number of hydrogen-bond acceptors (Lipinski definition) is 3. The first-order chi connectivity index (χ1) is 6.11. The number of hydrogen-bond donors (Lipinski definition) is 1. The molecular weight excluding hydrogens is 164 g/mol. The van der Waals surface area contributed by atoms with Crippen LogP contribution >= 0.6 is 0 Å². The molecule has 0 aromatic rings. The van der Waals surface area contributed by atoms with Crippen LogP contribution < -0.4 is 5.73 Å². The summed E-state index contributed by atoms with van der Waals surface area (Å²) in [5, 5.41) is 0. The molecule has 3 heteroatoms. The Morgan fingerprint density at radius 2 is 2.08 bits per heavy atom. The van der Waals surface area contributed by atoms with Gasteiger partial charge in [-0.05, 0) is 20.4 Å². The van der Waals surface area contributed by atoms with Crippen molar-refractivity contribution < 1.29 is 4.74 Å². The lowest BCUT2D eigenvalue weighted by atomic mass is 10.1. The zero-order chi connectivity index (χ0) is 10.3. The van der Waals surface area contributed by atoms with E-state index in [0.717, 1.165) is 6.54 Å². The van der Waals surface area contributed by atoms with Crippen molar-refractivity contribution in [1.29, 1.82) is 0 Å². The van der Waals surface area contributed by atoms with Crippen LogP contribution in [0.25, 0.3) is 0 Å². The Morgan fingerprint density at radius 3 is 2.54 bits per heavy atom. The van der Waals surface area contributed by atoms with Gasteiger partial charge in [-0.25, -0.2) is 0 Å². The number of rotatable bonds is 7. The lowest BCUT2D eigenvalue weighted by Gasteiger charge is -2.26. The third-order valence-corrected chi connectivity index (χ3v) is 2.36. The highest BCUT2D eigenvalue weighted by Crippen LogP contribution is 2.03. The van der Waals surface area contributed by atoms with Crippen molar-refractivity contribution in [3.63, 3.8) is 0 Å². The van der Waals surface area contributed by atoms with Crippen molar-refractivity contribution in [3.05, 3.63) is 0 Å². The van der Waals surface area contributed by atoms with E-state index < -0.39 is 0 Å². The van der Waals surface area contributed by atoms with Gasteiger partial charge in [0.1, 0.15) is 0 Å². The Balaban J connectivity index is 3.64. The predicted molar refractivity (Wildman–Crippen MR) is 56.9 cm³/mol. The van der Waals surface area contributed by atoms with Gasteiger partial charge in [0, 0.05) is 25.7 Å². The fourth-order valence-electron chi connectivity index (χ4n) is 1.45. The molecule has 13 heavy (non-hydrogen) atoms. The van der Waals surface area contributed by atoms with Crippen molar-refractivity contribution >= 4 is 0 Å². The molecule has 3 nitrogen and oxygen atoms in total. The summed E-state index contributed by atoms with van der Waals surface area (Å²) in [5.74, 6) is 0. The molecule has 0 heterocycles. The number of methoxy groups -OCH3 is 1. The number of likely N-dealkylation sites (N-methyl/N-ethyl adjacent to an activating group) is 1. The van der Waals surface area contributed by atoms with Crippen molar-refractivity contribution in [1.82, 2.24) is 4.90 Å². The molecule has 80 valence electrons. The van der Waals surface area contributed by atoms with Crippen molar-refractivity contribution in [3.8, 4) is 0 Å². The first-order valence-corrected chi connectivity index (χ1v) is 5.06. The van der Waals surface area contributed by atoms with E-state index in [1.807, 2.05) is 0 Å². The summed E-state index contributed by atoms with van der Waals surface area (Å²) in [6, 6.07) is 0.752. The summed E-state index contributed by atoms with van der Waals surface area (Å²) in [6.45, 7) is 6.00. The fourth-order valence-corrected chi connectivity index (χ4v) is 1.45. The first kappa shape index (κ1) is 12.9. The van der Waals surface area contributed by atoms with E-state index in [9.17, 15) is 0 Å². The van der Waals surface area contributed by atoms with E-state index in [-0.39, 0.29) is 6.04 Å². The second-order valence-electron chi connectivity index (χ2n) is 3.79. The van der Waals surface area contributed by atoms with Gasteiger partial charge in [-0.3, -0.25) is 0 Å². The topological polar surface area (TPSA) is 38.5 Å². The average molecular weight is 188 g/mol. The van der Waals surface area contributed by atoms with Crippen molar-refractivity contribution in [2.45, 2.75) is 38.8 Å². The quantitative estimate of drug-likeness (QED) is 0.650. The van der Waals surface area contributed by atoms with Gasteiger partial charge in [0.15, 0.2) is 0 Å². The molecule has 0 aromatic heterocycles. The van der Waals surface area contributed by atoms with Gasteiger partial charge in [-0.2, -0.15) is 0 Å². The summed E-state index contributed by atoms with van der Waals surface area (Å²) in [4.78, 5) is 2.30. The molecule has 2 atom stereocenters. The van der Waals surface area contributed by atoms with E-state index >= 15 is 0 Å². The van der Waals surface area contributed by atoms with Crippen molar-refractivity contribution in [2.24, 2.45) is 5.73 Å². The minimum atomic E-state index is 0.134. The molecule has 2 unspecified atom stereocenters. The van der Waals surface area contributed by atoms with Crippen LogP contribution in [0.4, 0.5) is 0 Å². The molecule has 0 saturated carbocycles. The number of nitrogens with two attached hydrogens (primary N) is 1. The standard InChI is InChI=1S/C10H24N2O/c1-5-6-9(2)12(3)7-10(11)8-13-4/h9-10H,5-8,11H2,1-4H3. The monoisotopic (exact) mass is 188 g/mol.